The lowest BCUT2D eigenvalue weighted by Gasteiger charge is -2.32. The third-order valence-corrected chi connectivity index (χ3v) is 4.46. The average Bonchev–Trinajstić information content (AvgIpc) is 3.28. The number of halogens is 3. The lowest BCUT2D eigenvalue weighted by Crippen LogP contribution is -2.42. The van der Waals surface area contributed by atoms with Crippen molar-refractivity contribution >= 4 is 0 Å². The van der Waals surface area contributed by atoms with E-state index in [1.165, 1.54) is 12.8 Å². The second-order valence-electron chi connectivity index (χ2n) is 6.26. The standard InChI is InChI=1S/C16H21F3N2/c17-14-8-16(19)15(18)7-12(14)10-21-5-3-13(4-6-21)20-9-11-1-2-11/h7-8,11,13,20H,1-6,9-10H2. The average molecular weight is 298 g/mol. The molecule has 0 amide bonds. The Balaban J connectivity index is 1.49. The van der Waals surface area contributed by atoms with Crippen molar-refractivity contribution in [2.45, 2.75) is 38.3 Å². The molecule has 2 fully saturated rings. The summed E-state index contributed by atoms with van der Waals surface area (Å²) in [6.45, 7) is 3.18. The van der Waals surface area contributed by atoms with E-state index in [4.69, 9.17) is 0 Å². The van der Waals surface area contributed by atoms with Gasteiger partial charge in [0.2, 0.25) is 0 Å². The first-order chi connectivity index (χ1) is 10.1. The predicted octanol–water partition coefficient (Wildman–Crippen LogP) is 3.07. The fourth-order valence-electron chi connectivity index (χ4n) is 2.88. The second-order valence-corrected chi connectivity index (χ2v) is 6.26. The Labute approximate surface area is 123 Å². The van der Waals surface area contributed by atoms with Gasteiger partial charge in [-0.05, 0) is 57.3 Å². The molecule has 2 aliphatic rings. The van der Waals surface area contributed by atoms with Gasteiger partial charge < -0.3 is 5.32 Å². The maximum Gasteiger partial charge on any atom is 0.161 e. The van der Waals surface area contributed by atoms with Crippen LogP contribution in [0.15, 0.2) is 12.1 Å². The highest BCUT2D eigenvalue weighted by Gasteiger charge is 2.24. The summed E-state index contributed by atoms with van der Waals surface area (Å²) >= 11 is 0. The van der Waals surface area contributed by atoms with Crippen LogP contribution in [0.1, 0.15) is 31.2 Å². The minimum Gasteiger partial charge on any atom is -0.314 e. The van der Waals surface area contributed by atoms with Gasteiger partial charge in [0.25, 0.3) is 0 Å². The van der Waals surface area contributed by atoms with Gasteiger partial charge in [0.1, 0.15) is 5.82 Å². The van der Waals surface area contributed by atoms with Gasteiger partial charge in [0.05, 0.1) is 0 Å². The molecule has 1 N–H and O–H groups in total. The number of nitrogens with one attached hydrogen (secondary N) is 1. The van der Waals surface area contributed by atoms with E-state index in [1.54, 1.807) is 0 Å². The normalized spacial score (nSPS) is 20.9. The van der Waals surface area contributed by atoms with Crippen LogP contribution in [0.3, 0.4) is 0 Å². The van der Waals surface area contributed by atoms with E-state index in [2.05, 4.69) is 10.2 Å². The SMILES string of the molecule is Fc1cc(F)c(CN2CCC(NCC3CC3)CC2)cc1F. The first kappa shape index (κ1) is 14.9. The Morgan fingerprint density at radius 2 is 1.62 bits per heavy atom. The first-order valence-electron chi connectivity index (χ1n) is 7.71. The molecule has 0 aromatic heterocycles. The summed E-state index contributed by atoms with van der Waals surface area (Å²) in [6, 6.07) is 2.15. The summed E-state index contributed by atoms with van der Waals surface area (Å²) in [5, 5.41) is 3.59. The molecular formula is C16H21F3N2. The molecule has 1 aromatic rings. The minimum absolute atomic E-state index is 0.235. The molecule has 0 bridgehead atoms. The number of hydrogen-bond acceptors (Lipinski definition) is 2. The van der Waals surface area contributed by atoms with Crippen LogP contribution in [0.25, 0.3) is 0 Å². The van der Waals surface area contributed by atoms with Gasteiger partial charge in [-0.2, -0.15) is 0 Å². The molecular weight excluding hydrogens is 277 g/mol. The Morgan fingerprint density at radius 3 is 2.29 bits per heavy atom. The first-order valence-corrected chi connectivity index (χ1v) is 7.71. The monoisotopic (exact) mass is 298 g/mol. The molecule has 116 valence electrons. The van der Waals surface area contributed by atoms with Gasteiger partial charge in [-0.15, -0.1) is 0 Å². The molecule has 0 unspecified atom stereocenters. The van der Waals surface area contributed by atoms with Crippen LogP contribution in [0.4, 0.5) is 13.2 Å². The van der Waals surface area contributed by atoms with Crippen molar-refractivity contribution in [3.63, 3.8) is 0 Å². The smallest absolute Gasteiger partial charge is 0.161 e. The van der Waals surface area contributed by atoms with Crippen molar-refractivity contribution in [3.05, 3.63) is 35.1 Å². The molecule has 1 aromatic carbocycles. The fourth-order valence-corrected chi connectivity index (χ4v) is 2.88. The lowest BCUT2D eigenvalue weighted by molar-refractivity contribution is 0.188. The highest BCUT2D eigenvalue weighted by atomic mass is 19.2. The zero-order chi connectivity index (χ0) is 14.8. The van der Waals surface area contributed by atoms with Crippen molar-refractivity contribution < 1.29 is 13.2 Å². The van der Waals surface area contributed by atoms with Gasteiger partial charge in [-0.25, -0.2) is 13.2 Å². The Morgan fingerprint density at radius 1 is 0.952 bits per heavy atom. The molecule has 0 spiro atoms. The maximum atomic E-state index is 13.6. The number of hydrogen-bond donors (Lipinski definition) is 1. The molecule has 21 heavy (non-hydrogen) atoms. The molecule has 0 atom stereocenters. The molecule has 2 nitrogen and oxygen atoms in total. The molecule has 1 saturated carbocycles. The van der Waals surface area contributed by atoms with Crippen LogP contribution in [0.5, 0.6) is 0 Å². The topological polar surface area (TPSA) is 15.3 Å². The van der Waals surface area contributed by atoms with Crippen molar-refractivity contribution in [1.29, 1.82) is 0 Å². The van der Waals surface area contributed by atoms with Crippen molar-refractivity contribution in [2.24, 2.45) is 5.92 Å². The van der Waals surface area contributed by atoms with E-state index in [1.807, 2.05) is 0 Å². The van der Waals surface area contributed by atoms with E-state index in [9.17, 15) is 13.2 Å². The van der Waals surface area contributed by atoms with Gasteiger partial charge in [-0.1, -0.05) is 0 Å². The van der Waals surface area contributed by atoms with Crippen LogP contribution in [-0.2, 0) is 6.54 Å². The lowest BCUT2D eigenvalue weighted by atomic mass is 10.0. The van der Waals surface area contributed by atoms with Crippen LogP contribution >= 0.6 is 0 Å². The Hall–Kier alpha value is -1.07. The summed E-state index contributed by atoms with van der Waals surface area (Å²) < 4.78 is 39.7. The Kier molecular flexibility index (Phi) is 4.50. The van der Waals surface area contributed by atoms with E-state index in [0.29, 0.717) is 18.7 Å². The molecule has 1 aliphatic carbocycles. The third-order valence-electron chi connectivity index (χ3n) is 4.46. The van der Waals surface area contributed by atoms with Crippen molar-refractivity contribution in [3.8, 4) is 0 Å². The van der Waals surface area contributed by atoms with Crippen molar-refractivity contribution in [1.82, 2.24) is 10.2 Å². The number of nitrogens with zero attached hydrogens (tertiary/aromatic N) is 1. The molecule has 0 radical (unpaired) electrons. The van der Waals surface area contributed by atoms with Crippen LogP contribution < -0.4 is 5.32 Å². The largest absolute Gasteiger partial charge is 0.314 e. The zero-order valence-corrected chi connectivity index (χ0v) is 12.0. The van der Waals surface area contributed by atoms with E-state index in [0.717, 1.165) is 44.5 Å². The minimum atomic E-state index is -1.13. The molecule has 1 saturated heterocycles. The van der Waals surface area contributed by atoms with Gasteiger partial charge >= 0.3 is 0 Å². The summed E-state index contributed by atoms with van der Waals surface area (Å²) in [6.07, 6.45) is 4.75. The number of benzene rings is 1. The number of piperidine rings is 1. The van der Waals surface area contributed by atoms with Crippen LogP contribution in [-0.4, -0.2) is 30.6 Å². The highest BCUT2D eigenvalue weighted by molar-refractivity contribution is 5.20. The summed E-state index contributed by atoms with van der Waals surface area (Å²) in [5.41, 5.74) is 0.235. The maximum absolute atomic E-state index is 13.6. The van der Waals surface area contributed by atoms with E-state index in [-0.39, 0.29) is 5.56 Å². The predicted molar refractivity (Wildman–Crippen MR) is 75.3 cm³/mol. The number of rotatable bonds is 5. The molecule has 1 aliphatic heterocycles. The van der Waals surface area contributed by atoms with Gasteiger partial charge in [0, 0.05) is 24.2 Å². The fraction of sp³-hybridized carbons (Fsp3) is 0.625. The Bertz CT molecular complexity index is 495. The summed E-state index contributed by atoms with van der Waals surface area (Å²) in [7, 11) is 0. The highest BCUT2D eigenvalue weighted by Crippen LogP contribution is 2.28. The van der Waals surface area contributed by atoms with Crippen LogP contribution in [0.2, 0.25) is 0 Å². The van der Waals surface area contributed by atoms with Crippen LogP contribution in [0, 0.1) is 23.4 Å². The molecule has 1 heterocycles. The molecule has 3 rings (SSSR count). The number of likely N-dealkylation sites (tertiary alicyclic amines) is 1. The van der Waals surface area contributed by atoms with E-state index < -0.39 is 17.5 Å². The van der Waals surface area contributed by atoms with E-state index >= 15 is 0 Å². The zero-order valence-electron chi connectivity index (χ0n) is 12.0. The quantitative estimate of drug-likeness (QED) is 0.841. The summed E-state index contributed by atoms with van der Waals surface area (Å²) in [4.78, 5) is 2.10. The summed E-state index contributed by atoms with van der Waals surface area (Å²) in [5.74, 6) is -1.89. The van der Waals surface area contributed by atoms with Gasteiger partial charge in [-0.3, -0.25) is 4.90 Å². The molecule has 5 heteroatoms. The van der Waals surface area contributed by atoms with Crippen molar-refractivity contribution in [2.75, 3.05) is 19.6 Å². The third kappa shape index (κ3) is 3.98. The van der Waals surface area contributed by atoms with Gasteiger partial charge in [0.15, 0.2) is 11.6 Å². The second kappa shape index (κ2) is 6.36.